The fraction of sp³-hybridized carbons (Fsp3) is 0.750. The van der Waals surface area contributed by atoms with E-state index in [9.17, 15) is 0 Å². The highest BCUT2D eigenvalue weighted by Crippen LogP contribution is 2.23. The Labute approximate surface area is 133 Å². The molecule has 0 spiro atoms. The number of thiazole rings is 1. The molecule has 0 atom stereocenters. The van der Waals surface area contributed by atoms with Crippen molar-refractivity contribution in [3.63, 3.8) is 0 Å². The highest BCUT2D eigenvalue weighted by molar-refractivity contribution is 7.09. The van der Waals surface area contributed by atoms with E-state index in [-0.39, 0.29) is 5.41 Å². The predicted octanol–water partition coefficient (Wildman–Crippen LogP) is 3.29. The van der Waals surface area contributed by atoms with Gasteiger partial charge >= 0.3 is 0 Å². The first-order chi connectivity index (χ1) is 9.88. The molecule has 21 heavy (non-hydrogen) atoms. The van der Waals surface area contributed by atoms with Gasteiger partial charge in [-0.05, 0) is 6.42 Å². The number of nitrogens with zero attached hydrogens (tertiary/aromatic N) is 3. The normalized spacial score (nSPS) is 12.6. The zero-order valence-electron chi connectivity index (χ0n) is 14.4. The Morgan fingerprint density at radius 3 is 2.67 bits per heavy atom. The molecule has 0 amide bonds. The summed E-state index contributed by atoms with van der Waals surface area (Å²) in [5, 5.41) is 6.79. The molecule has 1 aromatic heterocycles. The Bertz CT molecular complexity index is 445. The topological polar surface area (TPSA) is 40.5 Å². The van der Waals surface area contributed by atoms with Crippen LogP contribution >= 0.6 is 11.3 Å². The quantitative estimate of drug-likeness (QED) is 0.647. The van der Waals surface area contributed by atoms with Gasteiger partial charge in [-0.1, -0.05) is 34.1 Å². The molecule has 1 aromatic rings. The summed E-state index contributed by atoms with van der Waals surface area (Å²) in [5.41, 5.74) is 1.32. The number of hydrogen-bond donors (Lipinski definition) is 1. The van der Waals surface area contributed by atoms with Crippen LogP contribution < -0.4 is 5.32 Å². The van der Waals surface area contributed by atoms with Gasteiger partial charge in [-0.3, -0.25) is 4.99 Å². The van der Waals surface area contributed by atoms with Gasteiger partial charge in [0, 0.05) is 44.4 Å². The van der Waals surface area contributed by atoms with Crippen LogP contribution in [0.4, 0.5) is 0 Å². The maximum atomic E-state index is 4.72. The number of aliphatic imine (C=N–C) groups is 1. The van der Waals surface area contributed by atoms with Gasteiger partial charge in [-0.2, -0.15) is 0 Å². The SMILES string of the molecule is CCCCN(C)C(=NC)NCCc1nc(C(C)(C)C)cs1. The van der Waals surface area contributed by atoms with Crippen LogP contribution in [0, 0.1) is 0 Å². The van der Waals surface area contributed by atoms with Crippen LogP contribution in [0.5, 0.6) is 0 Å². The molecule has 0 saturated carbocycles. The molecule has 0 bridgehead atoms. The lowest BCUT2D eigenvalue weighted by Crippen LogP contribution is -2.40. The van der Waals surface area contributed by atoms with Crippen molar-refractivity contribution < 1.29 is 0 Å². The van der Waals surface area contributed by atoms with E-state index in [1.165, 1.54) is 23.5 Å². The average molecular weight is 311 g/mol. The van der Waals surface area contributed by atoms with E-state index >= 15 is 0 Å². The third-order valence-corrected chi connectivity index (χ3v) is 4.27. The summed E-state index contributed by atoms with van der Waals surface area (Å²) in [6.07, 6.45) is 3.34. The molecule has 1 rings (SSSR count). The van der Waals surface area contributed by atoms with Crippen LogP contribution in [0.25, 0.3) is 0 Å². The minimum atomic E-state index is 0.137. The maximum absolute atomic E-state index is 4.72. The minimum absolute atomic E-state index is 0.137. The molecule has 0 saturated heterocycles. The van der Waals surface area contributed by atoms with Gasteiger partial charge in [-0.15, -0.1) is 11.3 Å². The van der Waals surface area contributed by atoms with Crippen LogP contribution in [0.3, 0.4) is 0 Å². The number of aromatic nitrogens is 1. The van der Waals surface area contributed by atoms with Gasteiger partial charge in [0.25, 0.3) is 0 Å². The lowest BCUT2D eigenvalue weighted by Gasteiger charge is -2.21. The van der Waals surface area contributed by atoms with Crippen molar-refractivity contribution in [2.24, 2.45) is 4.99 Å². The summed E-state index contributed by atoms with van der Waals surface area (Å²) in [5.74, 6) is 0.969. The largest absolute Gasteiger partial charge is 0.356 e. The van der Waals surface area contributed by atoms with E-state index in [1.54, 1.807) is 11.3 Å². The molecule has 120 valence electrons. The standard InChI is InChI=1S/C16H30N4S/c1-7-8-11-20(6)15(17-5)18-10-9-14-19-13(12-21-14)16(2,3)4/h12H,7-11H2,1-6H3,(H,17,18). The first kappa shape index (κ1) is 18.0. The van der Waals surface area contributed by atoms with Gasteiger partial charge in [0.15, 0.2) is 5.96 Å². The first-order valence-corrected chi connectivity index (χ1v) is 8.63. The zero-order chi connectivity index (χ0) is 15.9. The van der Waals surface area contributed by atoms with Crippen molar-refractivity contribution in [1.82, 2.24) is 15.2 Å². The fourth-order valence-corrected chi connectivity index (χ4v) is 2.96. The van der Waals surface area contributed by atoms with Gasteiger partial charge in [0.2, 0.25) is 0 Å². The lowest BCUT2D eigenvalue weighted by atomic mass is 9.93. The highest BCUT2D eigenvalue weighted by Gasteiger charge is 2.17. The summed E-state index contributed by atoms with van der Waals surface area (Å²) < 4.78 is 0. The first-order valence-electron chi connectivity index (χ1n) is 7.75. The van der Waals surface area contributed by atoms with E-state index in [0.29, 0.717) is 0 Å². The number of unbranched alkanes of at least 4 members (excludes halogenated alkanes) is 1. The summed E-state index contributed by atoms with van der Waals surface area (Å²) in [4.78, 5) is 11.2. The molecular formula is C16H30N4S. The third-order valence-electron chi connectivity index (χ3n) is 3.36. The van der Waals surface area contributed by atoms with Crippen LogP contribution in [0.15, 0.2) is 10.4 Å². The minimum Gasteiger partial charge on any atom is -0.356 e. The Morgan fingerprint density at radius 2 is 2.14 bits per heavy atom. The number of guanidine groups is 1. The Hall–Kier alpha value is -1.10. The van der Waals surface area contributed by atoms with E-state index < -0.39 is 0 Å². The van der Waals surface area contributed by atoms with Crippen molar-refractivity contribution in [3.8, 4) is 0 Å². The van der Waals surface area contributed by atoms with E-state index in [4.69, 9.17) is 4.98 Å². The Morgan fingerprint density at radius 1 is 1.43 bits per heavy atom. The molecule has 0 fully saturated rings. The van der Waals surface area contributed by atoms with Crippen LogP contribution in [-0.4, -0.2) is 43.0 Å². The van der Waals surface area contributed by atoms with Crippen LogP contribution in [0.1, 0.15) is 51.2 Å². The van der Waals surface area contributed by atoms with Gasteiger partial charge in [-0.25, -0.2) is 4.98 Å². The third kappa shape index (κ3) is 6.04. The van der Waals surface area contributed by atoms with Gasteiger partial charge in [0.1, 0.15) is 0 Å². The van der Waals surface area contributed by atoms with Crippen LogP contribution in [-0.2, 0) is 11.8 Å². The number of hydrogen-bond acceptors (Lipinski definition) is 3. The van der Waals surface area contributed by atoms with Crippen molar-refractivity contribution in [1.29, 1.82) is 0 Å². The summed E-state index contributed by atoms with van der Waals surface area (Å²) in [7, 11) is 3.93. The summed E-state index contributed by atoms with van der Waals surface area (Å²) in [6.45, 7) is 10.7. The van der Waals surface area contributed by atoms with Crippen molar-refractivity contribution in [3.05, 3.63) is 16.1 Å². The average Bonchev–Trinajstić information content (AvgIpc) is 2.89. The lowest BCUT2D eigenvalue weighted by molar-refractivity contribution is 0.465. The second-order valence-electron chi connectivity index (χ2n) is 6.38. The van der Waals surface area contributed by atoms with Crippen molar-refractivity contribution in [2.45, 2.75) is 52.4 Å². The van der Waals surface area contributed by atoms with Crippen molar-refractivity contribution in [2.75, 3.05) is 27.2 Å². The van der Waals surface area contributed by atoms with Crippen LogP contribution in [0.2, 0.25) is 0 Å². The molecule has 0 aliphatic carbocycles. The maximum Gasteiger partial charge on any atom is 0.193 e. The van der Waals surface area contributed by atoms with E-state index in [0.717, 1.165) is 25.5 Å². The van der Waals surface area contributed by atoms with E-state index in [2.05, 4.69) is 55.3 Å². The second kappa shape index (κ2) is 8.37. The monoisotopic (exact) mass is 310 g/mol. The molecule has 5 heteroatoms. The molecule has 0 aliphatic rings. The molecule has 0 unspecified atom stereocenters. The molecule has 1 heterocycles. The second-order valence-corrected chi connectivity index (χ2v) is 7.32. The summed E-state index contributed by atoms with van der Waals surface area (Å²) in [6, 6.07) is 0. The van der Waals surface area contributed by atoms with Gasteiger partial charge in [0.05, 0.1) is 10.7 Å². The molecule has 0 aliphatic heterocycles. The summed E-state index contributed by atoms with van der Waals surface area (Å²) >= 11 is 1.75. The highest BCUT2D eigenvalue weighted by atomic mass is 32.1. The molecular weight excluding hydrogens is 280 g/mol. The molecule has 1 N–H and O–H groups in total. The molecule has 0 radical (unpaired) electrons. The zero-order valence-corrected chi connectivity index (χ0v) is 15.2. The van der Waals surface area contributed by atoms with E-state index in [1.807, 2.05) is 7.05 Å². The predicted molar refractivity (Wildman–Crippen MR) is 93.4 cm³/mol. The molecule has 0 aromatic carbocycles. The molecule has 4 nitrogen and oxygen atoms in total. The smallest absolute Gasteiger partial charge is 0.193 e. The Kier molecular flexibility index (Phi) is 7.15. The fourth-order valence-electron chi connectivity index (χ4n) is 1.94. The number of nitrogens with one attached hydrogen (secondary N) is 1. The Balaban J connectivity index is 2.43. The van der Waals surface area contributed by atoms with Gasteiger partial charge < -0.3 is 10.2 Å². The van der Waals surface area contributed by atoms with Crippen molar-refractivity contribution >= 4 is 17.3 Å². The number of rotatable bonds is 6.